The monoisotopic (exact) mass is 449 g/mol. The number of halogens is 1. The summed E-state index contributed by atoms with van der Waals surface area (Å²) < 4.78 is 5.10. The number of ether oxygens (including phenoxy) is 1. The molecule has 0 saturated heterocycles. The Kier molecular flexibility index (Phi) is 12.5. The van der Waals surface area contributed by atoms with Gasteiger partial charge in [0.25, 0.3) is 0 Å². The summed E-state index contributed by atoms with van der Waals surface area (Å²) in [4.78, 5) is 4.65. The normalized spacial score (nSPS) is 11.1. The summed E-state index contributed by atoms with van der Waals surface area (Å²) in [7, 11) is 1.59. The van der Waals surface area contributed by atoms with Crippen LogP contribution in [0, 0.1) is 5.92 Å². The van der Waals surface area contributed by atoms with E-state index in [1.807, 2.05) is 12.1 Å². The van der Waals surface area contributed by atoms with Crippen LogP contribution >= 0.6 is 24.0 Å². The molecule has 1 rings (SSSR count). The van der Waals surface area contributed by atoms with Crippen LogP contribution < -0.4 is 15.4 Å². The van der Waals surface area contributed by atoms with E-state index in [1.54, 1.807) is 13.2 Å². The molecule has 3 N–H and O–H groups in total. The average molecular weight is 449 g/mol. The zero-order chi connectivity index (χ0) is 17.1. The maximum atomic E-state index is 9.98. The van der Waals surface area contributed by atoms with E-state index in [9.17, 15) is 5.11 Å². The van der Waals surface area contributed by atoms with Gasteiger partial charge in [-0.15, -0.1) is 24.0 Å². The lowest BCUT2D eigenvalue weighted by molar-refractivity contribution is 0.406. The van der Waals surface area contributed by atoms with Crippen molar-refractivity contribution in [3.05, 3.63) is 23.8 Å². The van der Waals surface area contributed by atoms with E-state index in [-0.39, 0.29) is 29.7 Å². The molecule has 138 valence electrons. The van der Waals surface area contributed by atoms with E-state index in [0.29, 0.717) is 18.2 Å². The van der Waals surface area contributed by atoms with E-state index >= 15 is 0 Å². The maximum absolute atomic E-state index is 9.98. The first-order valence-electron chi connectivity index (χ1n) is 8.52. The minimum absolute atomic E-state index is 0. The third kappa shape index (κ3) is 8.08. The van der Waals surface area contributed by atoms with E-state index in [4.69, 9.17) is 4.74 Å². The molecule has 0 radical (unpaired) electrons. The van der Waals surface area contributed by atoms with Crippen molar-refractivity contribution in [2.24, 2.45) is 10.9 Å². The second-order valence-corrected chi connectivity index (χ2v) is 5.57. The minimum Gasteiger partial charge on any atom is -0.508 e. The molecule has 0 heterocycles. The quantitative estimate of drug-likeness (QED) is 0.307. The number of benzene rings is 1. The van der Waals surface area contributed by atoms with Gasteiger partial charge in [0.2, 0.25) is 0 Å². The van der Waals surface area contributed by atoms with E-state index < -0.39 is 0 Å². The molecule has 0 fully saturated rings. The summed E-state index contributed by atoms with van der Waals surface area (Å²) in [6, 6.07) is 5.40. The number of hydrogen-bond donors (Lipinski definition) is 3. The Balaban J connectivity index is 0.00000529. The van der Waals surface area contributed by atoms with Gasteiger partial charge in [-0.2, -0.15) is 0 Å². The van der Waals surface area contributed by atoms with Crippen molar-refractivity contribution >= 4 is 29.9 Å². The van der Waals surface area contributed by atoms with Gasteiger partial charge in [0.1, 0.15) is 11.5 Å². The van der Waals surface area contributed by atoms with Gasteiger partial charge in [0, 0.05) is 25.7 Å². The van der Waals surface area contributed by atoms with Crippen molar-refractivity contribution in [2.75, 3.05) is 26.7 Å². The van der Waals surface area contributed by atoms with Crippen LogP contribution in [0.4, 0.5) is 0 Å². The maximum Gasteiger partial charge on any atom is 0.191 e. The first kappa shape index (κ1) is 22.8. The van der Waals surface area contributed by atoms with Crippen LogP contribution in [0.15, 0.2) is 23.2 Å². The molecule has 0 spiro atoms. The van der Waals surface area contributed by atoms with Gasteiger partial charge in [-0.1, -0.05) is 32.8 Å². The molecule has 0 bridgehead atoms. The first-order chi connectivity index (χ1) is 11.1. The molecule has 0 aliphatic rings. The summed E-state index contributed by atoms with van der Waals surface area (Å²) in [6.07, 6.45) is 3.03. The van der Waals surface area contributed by atoms with Crippen LogP contribution in [0.25, 0.3) is 0 Å². The van der Waals surface area contributed by atoms with Gasteiger partial charge >= 0.3 is 0 Å². The molecule has 0 aliphatic heterocycles. The molecule has 1 aromatic rings. The summed E-state index contributed by atoms with van der Waals surface area (Å²) in [5, 5.41) is 16.6. The number of phenolic OH excluding ortho intramolecular Hbond substituents is 1. The van der Waals surface area contributed by atoms with E-state index in [1.165, 1.54) is 0 Å². The lowest BCUT2D eigenvalue weighted by Gasteiger charge is -2.14. The lowest BCUT2D eigenvalue weighted by Crippen LogP contribution is -2.38. The van der Waals surface area contributed by atoms with Crippen molar-refractivity contribution < 1.29 is 9.84 Å². The van der Waals surface area contributed by atoms with E-state index in [0.717, 1.165) is 43.9 Å². The Bertz CT molecular complexity index is 491. The highest BCUT2D eigenvalue weighted by molar-refractivity contribution is 14.0. The summed E-state index contributed by atoms with van der Waals surface area (Å²) in [6.45, 7) is 8.86. The second-order valence-electron chi connectivity index (χ2n) is 5.57. The van der Waals surface area contributed by atoms with Crippen molar-refractivity contribution in [1.29, 1.82) is 0 Å². The molecule has 1 aromatic carbocycles. The molecular weight excluding hydrogens is 417 g/mol. The highest BCUT2D eigenvalue weighted by Gasteiger charge is 2.05. The number of methoxy groups -OCH3 is 1. The topological polar surface area (TPSA) is 65.9 Å². The zero-order valence-electron chi connectivity index (χ0n) is 15.3. The van der Waals surface area contributed by atoms with Crippen LogP contribution in [0.3, 0.4) is 0 Å². The minimum atomic E-state index is 0. The molecule has 24 heavy (non-hydrogen) atoms. The van der Waals surface area contributed by atoms with Gasteiger partial charge in [-0.25, -0.2) is 0 Å². The zero-order valence-corrected chi connectivity index (χ0v) is 17.6. The Labute approximate surface area is 163 Å². The highest BCUT2D eigenvalue weighted by Crippen LogP contribution is 2.23. The predicted octanol–water partition coefficient (Wildman–Crippen LogP) is 3.55. The number of nitrogens with one attached hydrogen (secondary N) is 2. The predicted molar refractivity (Wildman–Crippen MR) is 112 cm³/mol. The number of guanidine groups is 1. The van der Waals surface area contributed by atoms with Crippen LogP contribution in [-0.4, -0.2) is 37.8 Å². The second kappa shape index (κ2) is 13.1. The molecule has 0 atom stereocenters. The van der Waals surface area contributed by atoms with E-state index in [2.05, 4.69) is 36.4 Å². The summed E-state index contributed by atoms with van der Waals surface area (Å²) in [5.74, 6) is 2.41. The van der Waals surface area contributed by atoms with Gasteiger partial charge in [0.15, 0.2) is 5.96 Å². The summed E-state index contributed by atoms with van der Waals surface area (Å²) >= 11 is 0. The van der Waals surface area contributed by atoms with Gasteiger partial charge in [0.05, 0.1) is 7.11 Å². The molecular formula is C18H32IN3O2. The fourth-order valence-corrected chi connectivity index (χ4v) is 2.31. The number of nitrogens with zero attached hydrogens (tertiary/aromatic N) is 1. The summed E-state index contributed by atoms with van der Waals surface area (Å²) in [5.41, 5.74) is 0.897. The Hall–Kier alpha value is -1.18. The molecule has 5 nitrogen and oxygen atoms in total. The molecule has 0 unspecified atom stereocenters. The van der Waals surface area contributed by atoms with Crippen LogP contribution in [0.2, 0.25) is 0 Å². The lowest BCUT2D eigenvalue weighted by atomic mass is 10.0. The van der Waals surface area contributed by atoms with Gasteiger partial charge < -0.3 is 20.5 Å². The number of aromatic hydroxyl groups is 1. The van der Waals surface area contributed by atoms with Gasteiger partial charge in [-0.05, 0) is 30.9 Å². The molecule has 0 saturated carbocycles. The first-order valence-corrected chi connectivity index (χ1v) is 8.52. The van der Waals surface area contributed by atoms with Crippen LogP contribution in [0.1, 0.15) is 39.2 Å². The molecule has 6 heteroatoms. The third-order valence-corrected chi connectivity index (χ3v) is 3.99. The number of rotatable bonds is 9. The molecule has 0 aliphatic carbocycles. The number of phenols is 1. The van der Waals surface area contributed by atoms with Crippen molar-refractivity contribution in [3.8, 4) is 11.5 Å². The fraction of sp³-hybridized carbons (Fsp3) is 0.611. The fourth-order valence-electron chi connectivity index (χ4n) is 2.31. The van der Waals surface area contributed by atoms with Gasteiger partial charge in [-0.3, -0.25) is 4.99 Å². The number of aliphatic imine (C=N–C) groups is 1. The Morgan fingerprint density at radius 1 is 1.21 bits per heavy atom. The molecule has 0 aromatic heterocycles. The smallest absolute Gasteiger partial charge is 0.191 e. The molecule has 0 amide bonds. The number of hydrogen-bond acceptors (Lipinski definition) is 3. The van der Waals surface area contributed by atoms with Crippen LogP contribution in [-0.2, 0) is 6.42 Å². The van der Waals surface area contributed by atoms with Crippen LogP contribution in [0.5, 0.6) is 11.5 Å². The Morgan fingerprint density at radius 3 is 2.46 bits per heavy atom. The van der Waals surface area contributed by atoms with Crippen molar-refractivity contribution in [2.45, 2.75) is 40.0 Å². The standard InChI is InChI=1S/C18H31N3O2.HI/c1-5-14(6-2)13-21-18(19-7-3)20-11-10-15-8-9-16(23-4)12-17(15)22;/h8-9,12,14,22H,5-7,10-11,13H2,1-4H3,(H2,19,20,21);1H. The van der Waals surface area contributed by atoms with Crippen molar-refractivity contribution in [3.63, 3.8) is 0 Å². The third-order valence-electron chi connectivity index (χ3n) is 3.99. The van der Waals surface area contributed by atoms with Crippen molar-refractivity contribution in [1.82, 2.24) is 10.6 Å². The SMILES string of the molecule is CCNC(=NCC(CC)CC)NCCc1ccc(OC)cc1O.I. The largest absolute Gasteiger partial charge is 0.508 e. The average Bonchev–Trinajstić information content (AvgIpc) is 2.57. The highest BCUT2D eigenvalue weighted by atomic mass is 127. The Morgan fingerprint density at radius 2 is 1.92 bits per heavy atom.